The molecule has 2 aromatic carbocycles. The van der Waals surface area contributed by atoms with Gasteiger partial charge in [-0.3, -0.25) is 24.4 Å². The summed E-state index contributed by atoms with van der Waals surface area (Å²) in [5.74, 6) is -2.68. The number of nitro groups is 1. The van der Waals surface area contributed by atoms with Crippen molar-refractivity contribution < 1.29 is 19.6 Å². The highest BCUT2D eigenvalue weighted by Gasteiger charge is 2.30. The van der Waals surface area contributed by atoms with E-state index in [-0.39, 0.29) is 30.0 Å². The quantitative estimate of drug-likeness (QED) is 0.466. The number of carbonyl (C=O) groups excluding carboxylic acids is 1. The van der Waals surface area contributed by atoms with Crippen LogP contribution in [0.4, 0.5) is 5.69 Å². The summed E-state index contributed by atoms with van der Waals surface area (Å²) >= 11 is 0. The lowest BCUT2D eigenvalue weighted by Gasteiger charge is -2.15. The van der Waals surface area contributed by atoms with Gasteiger partial charge >= 0.3 is 11.7 Å². The number of carboxylic acids is 1. The molecular weight excluding hydrogens is 376 g/mol. The van der Waals surface area contributed by atoms with E-state index in [9.17, 15) is 24.8 Å². The molecule has 150 valence electrons. The van der Waals surface area contributed by atoms with Gasteiger partial charge in [0.2, 0.25) is 5.69 Å². The second-order valence-electron chi connectivity index (χ2n) is 6.75. The first-order valence-corrected chi connectivity index (χ1v) is 8.95. The van der Waals surface area contributed by atoms with Crippen molar-refractivity contribution in [2.24, 2.45) is 13.0 Å². The Morgan fingerprint density at radius 3 is 2.62 bits per heavy atom. The van der Waals surface area contributed by atoms with Gasteiger partial charge in [-0.05, 0) is 29.7 Å². The summed E-state index contributed by atoms with van der Waals surface area (Å²) in [6.07, 6.45) is 0.212. The van der Waals surface area contributed by atoms with Crippen molar-refractivity contribution >= 4 is 28.3 Å². The highest BCUT2D eigenvalue weighted by molar-refractivity contribution is 5.97. The molecule has 2 N–H and O–H groups in total. The highest BCUT2D eigenvalue weighted by Crippen LogP contribution is 2.23. The van der Waals surface area contributed by atoms with Crippen molar-refractivity contribution in [1.29, 1.82) is 0 Å². The number of nitrogens with one attached hydrogen (secondary N) is 1. The van der Waals surface area contributed by atoms with Gasteiger partial charge < -0.3 is 10.4 Å². The van der Waals surface area contributed by atoms with Gasteiger partial charge in [0.15, 0.2) is 0 Å². The van der Waals surface area contributed by atoms with Crippen LogP contribution in [0, 0.1) is 23.0 Å². The molecule has 9 heteroatoms. The molecule has 29 heavy (non-hydrogen) atoms. The fraction of sp³-hybridized carbons (Fsp3) is 0.250. The van der Waals surface area contributed by atoms with Crippen molar-refractivity contribution in [2.75, 3.05) is 6.54 Å². The van der Waals surface area contributed by atoms with E-state index in [2.05, 4.69) is 10.4 Å². The first-order valence-electron chi connectivity index (χ1n) is 8.95. The van der Waals surface area contributed by atoms with Crippen LogP contribution < -0.4 is 5.32 Å². The van der Waals surface area contributed by atoms with E-state index in [1.54, 1.807) is 0 Å². The number of nitrogens with zero attached hydrogens (tertiary/aromatic N) is 3. The van der Waals surface area contributed by atoms with Crippen LogP contribution in [-0.2, 0) is 18.3 Å². The molecule has 0 spiro atoms. The molecule has 0 fully saturated rings. The number of hydrogen-bond donors (Lipinski definition) is 2. The van der Waals surface area contributed by atoms with Crippen LogP contribution in [0.1, 0.15) is 21.7 Å². The molecule has 1 heterocycles. The molecule has 0 aliphatic rings. The number of amides is 1. The monoisotopic (exact) mass is 396 g/mol. The fourth-order valence-corrected chi connectivity index (χ4v) is 3.40. The number of aromatic nitrogens is 2. The molecule has 9 nitrogen and oxygen atoms in total. The molecule has 1 unspecified atom stereocenters. The third kappa shape index (κ3) is 4.08. The number of hydrogen-bond acceptors (Lipinski definition) is 5. The molecule has 1 atom stereocenters. The molecule has 0 saturated heterocycles. The van der Waals surface area contributed by atoms with Crippen molar-refractivity contribution in [2.45, 2.75) is 13.3 Å². The van der Waals surface area contributed by atoms with Crippen molar-refractivity contribution in [3.8, 4) is 0 Å². The molecule has 3 aromatic rings. The Morgan fingerprint density at radius 2 is 1.93 bits per heavy atom. The third-order valence-electron chi connectivity index (χ3n) is 4.79. The summed E-state index contributed by atoms with van der Waals surface area (Å²) in [6.45, 7) is 1.27. The molecule has 1 aromatic heterocycles. The van der Waals surface area contributed by atoms with E-state index in [1.165, 1.54) is 14.0 Å². The molecule has 1 amide bonds. The number of aryl methyl sites for hydroxylation is 2. The standard InChI is InChI=1S/C20H20N4O5/c1-12-17(24(28)29)18(23(2)22-12)19(25)21-11-15(20(26)27)10-14-8-5-7-13-6-3-4-9-16(13)14/h3-9,15H,10-11H2,1-2H3,(H,21,25)(H,26,27). The number of carbonyl (C=O) groups is 2. The lowest BCUT2D eigenvalue weighted by molar-refractivity contribution is -0.385. The van der Waals surface area contributed by atoms with Crippen LogP contribution in [0.3, 0.4) is 0 Å². The van der Waals surface area contributed by atoms with Gasteiger partial charge in [0.05, 0.1) is 10.8 Å². The summed E-state index contributed by atoms with van der Waals surface area (Å²) in [6, 6.07) is 13.3. The zero-order chi connectivity index (χ0) is 21.1. The molecule has 0 radical (unpaired) electrons. The zero-order valence-corrected chi connectivity index (χ0v) is 16.0. The van der Waals surface area contributed by atoms with Crippen LogP contribution >= 0.6 is 0 Å². The summed E-state index contributed by atoms with van der Waals surface area (Å²) in [4.78, 5) is 34.9. The number of aliphatic carboxylic acids is 1. The predicted molar refractivity (Wildman–Crippen MR) is 106 cm³/mol. The maximum absolute atomic E-state index is 12.5. The van der Waals surface area contributed by atoms with E-state index in [0.29, 0.717) is 0 Å². The van der Waals surface area contributed by atoms with Crippen LogP contribution in [0.5, 0.6) is 0 Å². The lowest BCUT2D eigenvalue weighted by Crippen LogP contribution is -2.35. The Labute approximate surface area is 166 Å². The lowest BCUT2D eigenvalue weighted by atomic mass is 9.95. The van der Waals surface area contributed by atoms with Crippen LogP contribution in [0.25, 0.3) is 10.8 Å². The Hall–Kier alpha value is -3.75. The van der Waals surface area contributed by atoms with Crippen LogP contribution in [0.2, 0.25) is 0 Å². The maximum Gasteiger partial charge on any atom is 0.322 e. The van der Waals surface area contributed by atoms with E-state index in [4.69, 9.17) is 0 Å². The minimum atomic E-state index is -1.06. The summed E-state index contributed by atoms with van der Waals surface area (Å²) in [5, 5.41) is 29.2. The van der Waals surface area contributed by atoms with Gasteiger partial charge in [0.25, 0.3) is 5.91 Å². The average molecular weight is 396 g/mol. The third-order valence-corrected chi connectivity index (χ3v) is 4.79. The van der Waals surface area contributed by atoms with Crippen molar-refractivity contribution in [3.05, 3.63) is 69.5 Å². The minimum absolute atomic E-state index is 0.119. The summed E-state index contributed by atoms with van der Waals surface area (Å²) < 4.78 is 1.13. The topological polar surface area (TPSA) is 127 Å². The van der Waals surface area contributed by atoms with Gasteiger partial charge in [-0.25, -0.2) is 0 Å². The van der Waals surface area contributed by atoms with E-state index >= 15 is 0 Å². The second-order valence-corrected chi connectivity index (χ2v) is 6.75. The summed E-state index contributed by atoms with van der Waals surface area (Å²) in [7, 11) is 1.43. The van der Waals surface area contributed by atoms with Crippen LogP contribution in [-0.4, -0.2) is 38.2 Å². The van der Waals surface area contributed by atoms with Crippen molar-refractivity contribution in [1.82, 2.24) is 15.1 Å². The van der Waals surface area contributed by atoms with E-state index in [1.807, 2.05) is 42.5 Å². The number of benzene rings is 2. The Kier molecular flexibility index (Phi) is 5.58. The van der Waals surface area contributed by atoms with Crippen molar-refractivity contribution in [3.63, 3.8) is 0 Å². The number of fused-ring (bicyclic) bond motifs is 1. The number of carboxylic acid groups (broad SMARTS) is 1. The number of rotatable bonds is 7. The second kappa shape index (κ2) is 8.09. The predicted octanol–water partition coefficient (Wildman–Crippen LogP) is 2.46. The normalized spacial score (nSPS) is 11.9. The first kappa shape index (κ1) is 20.0. The Balaban J connectivity index is 1.80. The van der Waals surface area contributed by atoms with Gasteiger partial charge in [-0.15, -0.1) is 0 Å². The smallest absolute Gasteiger partial charge is 0.322 e. The zero-order valence-electron chi connectivity index (χ0n) is 16.0. The van der Waals surface area contributed by atoms with Gasteiger partial charge in [-0.1, -0.05) is 42.5 Å². The molecule has 0 bridgehead atoms. The fourth-order valence-electron chi connectivity index (χ4n) is 3.40. The first-order chi connectivity index (χ1) is 13.8. The molecule has 0 saturated carbocycles. The summed E-state index contributed by atoms with van der Waals surface area (Å²) in [5.41, 5.74) is 0.382. The Morgan fingerprint density at radius 1 is 1.24 bits per heavy atom. The van der Waals surface area contributed by atoms with Crippen LogP contribution in [0.15, 0.2) is 42.5 Å². The largest absolute Gasteiger partial charge is 0.481 e. The van der Waals surface area contributed by atoms with E-state index < -0.39 is 22.7 Å². The maximum atomic E-state index is 12.5. The molecule has 0 aliphatic carbocycles. The average Bonchev–Trinajstić information content (AvgIpc) is 2.98. The van der Waals surface area contributed by atoms with E-state index in [0.717, 1.165) is 21.0 Å². The Bertz CT molecular complexity index is 1100. The van der Waals surface area contributed by atoms with Gasteiger partial charge in [0.1, 0.15) is 5.69 Å². The molecule has 0 aliphatic heterocycles. The molecular formula is C20H20N4O5. The van der Waals surface area contributed by atoms with Gasteiger partial charge in [0, 0.05) is 13.6 Å². The molecule has 3 rings (SSSR count). The van der Waals surface area contributed by atoms with Gasteiger partial charge in [-0.2, -0.15) is 5.10 Å². The minimum Gasteiger partial charge on any atom is -0.481 e. The highest BCUT2D eigenvalue weighted by atomic mass is 16.6. The SMILES string of the molecule is Cc1nn(C)c(C(=O)NCC(Cc2cccc3ccccc23)C(=O)O)c1[N+](=O)[O-].